The second-order valence-corrected chi connectivity index (χ2v) is 10.1. The van der Waals surface area contributed by atoms with Crippen LogP contribution in [0.25, 0.3) is 0 Å². The minimum absolute atomic E-state index is 0.00281. The van der Waals surface area contributed by atoms with Crippen LogP contribution < -0.4 is 15.5 Å². The lowest BCUT2D eigenvalue weighted by atomic mass is 10.1. The lowest BCUT2D eigenvalue weighted by Crippen LogP contribution is -2.50. The number of para-hydroxylation sites is 1. The molecular formula is C28H39N5O3. The van der Waals surface area contributed by atoms with E-state index in [-0.39, 0.29) is 24.0 Å². The van der Waals surface area contributed by atoms with Gasteiger partial charge in [-0.05, 0) is 63.1 Å². The first-order valence-corrected chi connectivity index (χ1v) is 12.9. The number of carbonyl (C=O) groups excluding carboxylic acids is 2. The predicted molar refractivity (Wildman–Crippen MR) is 145 cm³/mol. The number of carbonyl (C=O) groups is 2. The number of ether oxygens (including phenoxy) is 1. The van der Waals surface area contributed by atoms with Crippen molar-refractivity contribution in [2.45, 2.75) is 39.9 Å². The standard InChI is InChI=1S/C28H39N5O3/c1-20-6-5-7-21(2)28(20)30-27(35)19-32-14-12-31(13-15-32)18-26(34)29-24-8-10-25(11-9-24)33-16-22(3)36-23(4)17-33/h5-11,22-23H,12-19H2,1-4H3,(H,29,34)(H,30,35). The third-order valence-electron chi connectivity index (χ3n) is 6.88. The summed E-state index contributed by atoms with van der Waals surface area (Å²) in [5.41, 5.74) is 4.99. The Balaban J connectivity index is 1.19. The van der Waals surface area contributed by atoms with Gasteiger partial charge < -0.3 is 20.3 Å². The van der Waals surface area contributed by atoms with Gasteiger partial charge in [0.1, 0.15) is 0 Å². The number of amides is 2. The van der Waals surface area contributed by atoms with E-state index in [0.717, 1.165) is 67.5 Å². The highest BCUT2D eigenvalue weighted by Crippen LogP contribution is 2.22. The Kier molecular flexibility index (Phi) is 8.61. The number of benzene rings is 2. The zero-order valence-electron chi connectivity index (χ0n) is 21.9. The highest BCUT2D eigenvalue weighted by molar-refractivity contribution is 5.94. The minimum atomic E-state index is -0.0161. The van der Waals surface area contributed by atoms with Crippen molar-refractivity contribution in [1.82, 2.24) is 9.80 Å². The number of anilines is 3. The van der Waals surface area contributed by atoms with Gasteiger partial charge in [-0.2, -0.15) is 0 Å². The molecule has 2 aromatic rings. The number of nitrogens with one attached hydrogen (secondary N) is 2. The number of nitrogens with zero attached hydrogens (tertiary/aromatic N) is 3. The van der Waals surface area contributed by atoms with Crippen LogP contribution in [0.4, 0.5) is 17.1 Å². The molecule has 2 amide bonds. The lowest BCUT2D eigenvalue weighted by molar-refractivity contribution is -0.120. The molecule has 0 radical (unpaired) electrons. The quantitative estimate of drug-likeness (QED) is 0.617. The molecule has 2 unspecified atom stereocenters. The van der Waals surface area contributed by atoms with E-state index in [2.05, 4.69) is 51.3 Å². The van der Waals surface area contributed by atoms with E-state index in [9.17, 15) is 9.59 Å². The topological polar surface area (TPSA) is 77.2 Å². The summed E-state index contributed by atoms with van der Waals surface area (Å²) in [5.74, 6) is -0.0133. The number of aryl methyl sites for hydroxylation is 2. The molecule has 2 aliphatic heterocycles. The minimum Gasteiger partial charge on any atom is -0.372 e. The van der Waals surface area contributed by atoms with E-state index in [1.54, 1.807) is 0 Å². The zero-order chi connectivity index (χ0) is 25.7. The molecule has 4 rings (SSSR count). The Morgan fingerprint density at radius 3 is 1.83 bits per heavy atom. The van der Waals surface area contributed by atoms with Crippen molar-refractivity contribution < 1.29 is 14.3 Å². The fraction of sp³-hybridized carbons (Fsp3) is 0.500. The third-order valence-corrected chi connectivity index (χ3v) is 6.88. The maximum absolute atomic E-state index is 12.6. The Morgan fingerprint density at radius 2 is 1.31 bits per heavy atom. The van der Waals surface area contributed by atoms with Crippen LogP contribution >= 0.6 is 0 Å². The molecule has 8 nitrogen and oxygen atoms in total. The molecule has 8 heteroatoms. The van der Waals surface area contributed by atoms with Crippen molar-refractivity contribution in [1.29, 1.82) is 0 Å². The average Bonchev–Trinajstić information content (AvgIpc) is 2.83. The Bertz CT molecular complexity index is 1020. The largest absolute Gasteiger partial charge is 0.372 e. The monoisotopic (exact) mass is 493 g/mol. The molecule has 2 N–H and O–H groups in total. The normalized spacial score (nSPS) is 21.3. The van der Waals surface area contributed by atoms with Crippen LogP contribution in [0.2, 0.25) is 0 Å². The number of hydrogen-bond acceptors (Lipinski definition) is 6. The first-order chi connectivity index (χ1) is 17.3. The summed E-state index contributed by atoms with van der Waals surface area (Å²) in [5, 5.41) is 6.07. The van der Waals surface area contributed by atoms with Gasteiger partial charge in [0.15, 0.2) is 0 Å². The second kappa shape index (κ2) is 11.9. The molecule has 0 bridgehead atoms. The third kappa shape index (κ3) is 7.06. The summed E-state index contributed by atoms with van der Waals surface area (Å²) in [6.07, 6.45) is 0.417. The number of piperazine rings is 1. The van der Waals surface area contributed by atoms with Crippen molar-refractivity contribution in [3.05, 3.63) is 53.6 Å². The van der Waals surface area contributed by atoms with Gasteiger partial charge in [0.2, 0.25) is 11.8 Å². The van der Waals surface area contributed by atoms with Gasteiger partial charge in [-0.1, -0.05) is 18.2 Å². The van der Waals surface area contributed by atoms with Gasteiger partial charge >= 0.3 is 0 Å². The van der Waals surface area contributed by atoms with E-state index in [1.807, 2.05) is 44.2 Å². The molecule has 0 saturated carbocycles. The molecular weight excluding hydrogens is 454 g/mol. The first-order valence-electron chi connectivity index (χ1n) is 12.9. The molecule has 0 spiro atoms. The van der Waals surface area contributed by atoms with E-state index < -0.39 is 0 Å². The molecule has 194 valence electrons. The van der Waals surface area contributed by atoms with Crippen LogP contribution in [0.5, 0.6) is 0 Å². The van der Waals surface area contributed by atoms with Gasteiger partial charge in [-0.25, -0.2) is 0 Å². The lowest BCUT2D eigenvalue weighted by Gasteiger charge is -2.37. The highest BCUT2D eigenvalue weighted by atomic mass is 16.5. The van der Waals surface area contributed by atoms with Crippen molar-refractivity contribution in [3.63, 3.8) is 0 Å². The van der Waals surface area contributed by atoms with E-state index in [1.165, 1.54) is 0 Å². The van der Waals surface area contributed by atoms with Crippen LogP contribution in [-0.4, -0.2) is 86.2 Å². The van der Waals surface area contributed by atoms with Crippen molar-refractivity contribution in [2.24, 2.45) is 0 Å². The molecule has 2 fully saturated rings. The van der Waals surface area contributed by atoms with E-state index in [4.69, 9.17) is 4.74 Å². The fourth-order valence-corrected chi connectivity index (χ4v) is 5.05. The van der Waals surface area contributed by atoms with Crippen molar-refractivity contribution in [3.8, 4) is 0 Å². The zero-order valence-corrected chi connectivity index (χ0v) is 21.9. The predicted octanol–water partition coefficient (Wildman–Crippen LogP) is 3.11. The van der Waals surface area contributed by atoms with Gasteiger partial charge in [0.05, 0.1) is 25.3 Å². The molecule has 2 atom stereocenters. The molecule has 0 aliphatic carbocycles. The van der Waals surface area contributed by atoms with E-state index in [0.29, 0.717) is 13.1 Å². The molecule has 2 aromatic carbocycles. The summed E-state index contributed by atoms with van der Waals surface area (Å²) < 4.78 is 5.82. The fourth-order valence-electron chi connectivity index (χ4n) is 5.05. The molecule has 36 heavy (non-hydrogen) atoms. The van der Waals surface area contributed by atoms with Gasteiger partial charge in [0, 0.05) is 56.3 Å². The Labute approximate surface area is 214 Å². The smallest absolute Gasteiger partial charge is 0.238 e. The van der Waals surface area contributed by atoms with Crippen LogP contribution in [0.1, 0.15) is 25.0 Å². The van der Waals surface area contributed by atoms with Crippen molar-refractivity contribution >= 4 is 28.9 Å². The Morgan fingerprint density at radius 1 is 0.806 bits per heavy atom. The van der Waals surface area contributed by atoms with Crippen LogP contribution in [0.15, 0.2) is 42.5 Å². The number of morpholine rings is 1. The van der Waals surface area contributed by atoms with E-state index >= 15 is 0 Å². The Hall–Kier alpha value is -2.94. The molecule has 2 aliphatic rings. The first kappa shape index (κ1) is 26.1. The van der Waals surface area contributed by atoms with Crippen molar-refractivity contribution in [2.75, 3.05) is 67.9 Å². The molecule has 2 heterocycles. The number of hydrogen-bond donors (Lipinski definition) is 2. The summed E-state index contributed by atoms with van der Waals surface area (Å²) in [6, 6.07) is 14.1. The summed E-state index contributed by atoms with van der Waals surface area (Å²) in [7, 11) is 0. The van der Waals surface area contributed by atoms with Gasteiger partial charge in [-0.3, -0.25) is 19.4 Å². The number of rotatable bonds is 7. The van der Waals surface area contributed by atoms with Gasteiger partial charge in [0.25, 0.3) is 0 Å². The van der Waals surface area contributed by atoms with Crippen LogP contribution in [-0.2, 0) is 14.3 Å². The summed E-state index contributed by atoms with van der Waals surface area (Å²) in [4.78, 5) is 31.8. The maximum atomic E-state index is 12.6. The summed E-state index contributed by atoms with van der Waals surface area (Å²) in [6.45, 7) is 13.7. The second-order valence-electron chi connectivity index (χ2n) is 10.1. The van der Waals surface area contributed by atoms with Crippen LogP contribution in [0, 0.1) is 13.8 Å². The molecule has 0 aromatic heterocycles. The van der Waals surface area contributed by atoms with Gasteiger partial charge in [-0.15, -0.1) is 0 Å². The van der Waals surface area contributed by atoms with Crippen LogP contribution in [0.3, 0.4) is 0 Å². The highest BCUT2D eigenvalue weighted by Gasteiger charge is 2.23. The molecule has 2 saturated heterocycles. The SMILES string of the molecule is Cc1cccc(C)c1NC(=O)CN1CCN(CC(=O)Nc2ccc(N3CC(C)OC(C)C3)cc2)CC1. The maximum Gasteiger partial charge on any atom is 0.238 e. The summed E-state index contributed by atoms with van der Waals surface area (Å²) >= 11 is 0. The average molecular weight is 494 g/mol.